The molecular weight excluding hydrogens is 524 g/mol. The number of rotatable bonds is 14. The summed E-state index contributed by atoms with van der Waals surface area (Å²) in [5.74, 6) is -1.47. The Morgan fingerprint density at radius 1 is 1.00 bits per heavy atom. The summed E-state index contributed by atoms with van der Waals surface area (Å²) in [7, 11) is -0.798. The fourth-order valence-corrected chi connectivity index (χ4v) is 5.61. The zero-order chi connectivity index (χ0) is 28.7. The number of nitrogens with one attached hydrogen (secondary N) is 1. The highest BCUT2D eigenvalue weighted by Gasteiger charge is 2.44. The van der Waals surface area contributed by atoms with Crippen LogP contribution in [0.4, 0.5) is 5.69 Å². The molecule has 0 fully saturated rings. The normalized spacial score (nSPS) is 13.8. The molecule has 212 valence electrons. The topological polar surface area (TPSA) is 128 Å². The van der Waals surface area contributed by atoms with E-state index in [1.807, 2.05) is 0 Å². The first-order valence-corrected chi connectivity index (χ1v) is 14.9. The fraction of sp³-hybridized carbons (Fsp3) is 0.464. The van der Waals surface area contributed by atoms with Gasteiger partial charge in [0.1, 0.15) is 16.4 Å². The second kappa shape index (κ2) is 13.1. The molecule has 0 saturated carbocycles. The Labute approximate surface area is 229 Å². The minimum Gasteiger partial charge on any atom is -0.493 e. The zero-order valence-corrected chi connectivity index (χ0v) is 23.9. The summed E-state index contributed by atoms with van der Waals surface area (Å²) in [4.78, 5) is 41.2. The molecule has 1 heterocycles. The Morgan fingerprint density at radius 3 is 2.33 bits per heavy atom. The SMILES string of the molecule is CCCCCc1ccc(NC(=O)COC)c2c1C(=O)N([C@H](CS(C)(=O)=O)c1ccc(OC)c(OCC)c1)C2=O. The number of hydrogen-bond acceptors (Lipinski definition) is 8. The van der Waals surface area contributed by atoms with Crippen LogP contribution in [0.25, 0.3) is 0 Å². The van der Waals surface area contributed by atoms with Crippen LogP contribution in [0.1, 0.15) is 71.0 Å². The summed E-state index contributed by atoms with van der Waals surface area (Å²) in [6, 6.07) is 7.02. The predicted octanol–water partition coefficient (Wildman–Crippen LogP) is 3.79. The van der Waals surface area contributed by atoms with Crippen molar-refractivity contribution in [3.05, 3.63) is 52.6 Å². The monoisotopic (exact) mass is 560 g/mol. The molecule has 1 aliphatic rings. The molecule has 10 nitrogen and oxygen atoms in total. The summed E-state index contributed by atoms with van der Waals surface area (Å²) in [5, 5.41) is 2.66. The Kier molecular flexibility index (Phi) is 10.1. The Morgan fingerprint density at radius 2 is 1.72 bits per heavy atom. The van der Waals surface area contributed by atoms with Gasteiger partial charge in [0.2, 0.25) is 5.91 Å². The molecule has 0 radical (unpaired) electrons. The number of imide groups is 1. The number of methoxy groups -OCH3 is 2. The van der Waals surface area contributed by atoms with E-state index in [1.165, 1.54) is 14.2 Å². The number of ether oxygens (including phenoxy) is 3. The summed E-state index contributed by atoms with van der Waals surface area (Å²) in [6.07, 6.45) is 4.34. The molecular formula is C28H36N2O8S. The molecule has 3 rings (SSSR count). The molecule has 0 aliphatic carbocycles. The maximum atomic E-state index is 14.0. The molecule has 0 aromatic heterocycles. The number of fused-ring (bicyclic) bond motifs is 1. The summed E-state index contributed by atoms with van der Waals surface area (Å²) >= 11 is 0. The van der Waals surface area contributed by atoms with Crippen LogP contribution in [0, 0.1) is 0 Å². The van der Waals surface area contributed by atoms with Gasteiger partial charge in [-0.15, -0.1) is 0 Å². The predicted molar refractivity (Wildman–Crippen MR) is 147 cm³/mol. The van der Waals surface area contributed by atoms with Crippen LogP contribution in [-0.2, 0) is 25.8 Å². The third-order valence-electron chi connectivity index (χ3n) is 6.40. The van der Waals surface area contributed by atoms with Crippen molar-refractivity contribution in [1.82, 2.24) is 4.90 Å². The van der Waals surface area contributed by atoms with Crippen LogP contribution in [0.2, 0.25) is 0 Å². The highest BCUT2D eigenvalue weighted by molar-refractivity contribution is 7.90. The van der Waals surface area contributed by atoms with Gasteiger partial charge in [-0.1, -0.05) is 31.9 Å². The first-order valence-electron chi connectivity index (χ1n) is 12.9. The lowest BCUT2D eigenvalue weighted by Gasteiger charge is -2.27. The van der Waals surface area contributed by atoms with Gasteiger partial charge in [-0.3, -0.25) is 19.3 Å². The Bertz CT molecular complexity index is 1340. The van der Waals surface area contributed by atoms with Crippen LogP contribution in [-0.4, -0.2) is 70.5 Å². The number of sulfone groups is 1. The second-order valence-corrected chi connectivity index (χ2v) is 11.6. The molecule has 2 aromatic carbocycles. The third kappa shape index (κ3) is 6.96. The van der Waals surface area contributed by atoms with Gasteiger partial charge in [-0.2, -0.15) is 0 Å². The molecule has 2 aromatic rings. The summed E-state index contributed by atoms with van der Waals surface area (Å²) in [5.41, 5.74) is 1.48. The minimum atomic E-state index is -3.65. The molecule has 1 aliphatic heterocycles. The zero-order valence-electron chi connectivity index (χ0n) is 23.0. The Hall–Kier alpha value is -3.44. The molecule has 0 bridgehead atoms. The van der Waals surface area contributed by atoms with Gasteiger partial charge in [0.05, 0.1) is 42.3 Å². The van der Waals surface area contributed by atoms with Crippen LogP contribution in [0.3, 0.4) is 0 Å². The maximum absolute atomic E-state index is 14.0. The molecule has 3 amide bonds. The van der Waals surface area contributed by atoms with E-state index in [4.69, 9.17) is 14.2 Å². The van der Waals surface area contributed by atoms with E-state index < -0.39 is 39.4 Å². The number of nitrogens with zero attached hydrogens (tertiary/aromatic N) is 1. The average Bonchev–Trinajstić information content (AvgIpc) is 3.14. The van der Waals surface area contributed by atoms with Gasteiger partial charge >= 0.3 is 0 Å². The highest BCUT2D eigenvalue weighted by Crippen LogP contribution is 2.40. The number of hydrogen-bond donors (Lipinski definition) is 1. The molecule has 1 N–H and O–H groups in total. The van der Waals surface area contributed by atoms with Crippen LogP contribution >= 0.6 is 0 Å². The van der Waals surface area contributed by atoms with Crippen molar-refractivity contribution >= 4 is 33.2 Å². The summed E-state index contributed by atoms with van der Waals surface area (Å²) < 4.78 is 41.0. The standard InChI is InChI=1S/C28H36N2O8S/c1-6-8-9-10-18-11-13-20(29-24(31)16-36-3)26-25(18)27(32)30(28(26)33)21(17-39(5,34)35)19-12-14-22(37-4)23(15-19)38-7-2/h11-15,21H,6-10,16-17H2,1-5H3,(H,29,31)/t21-/m1/s1. The minimum absolute atomic E-state index is 0.0514. The fourth-order valence-electron chi connectivity index (χ4n) is 4.70. The highest BCUT2D eigenvalue weighted by atomic mass is 32.2. The van der Waals surface area contributed by atoms with Gasteiger partial charge in [0.25, 0.3) is 11.8 Å². The number of carbonyl (C=O) groups is 3. The van der Waals surface area contributed by atoms with Gasteiger partial charge in [-0.05, 0) is 49.1 Å². The number of unbranched alkanes of at least 4 members (excludes halogenated alkanes) is 2. The van der Waals surface area contributed by atoms with Crippen molar-refractivity contribution in [2.45, 2.75) is 45.6 Å². The van der Waals surface area contributed by atoms with E-state index >= 15 is 0 Å². The van der Waals surface area contributed by atoms with E-state index in [2.05, 4.69) is 12.2 Å². The lowest BCUT2D eigenvalue weighted by Crippen LogP contribution is -2.38. The van der Waals surface area contributed by atoms with Crippen LogP contribution in [0.15, 0.2) is 30.3 Å². The molecule has 0 unspecified atom stereocenters. The van der Waals surface area contributed by atoms with Crippen molar-refractivity contribution < 1.29 is 37.0 Å². The number of aryl methyl sites for hydroxylation is 1. The lowest BCUT2D eigenvalue weighted by atomic mass is 9.96. The van der Waals surface area contributed by atoms with Crippen molar-refractivity contribution in [2.24, 2.45) is 0 Å². The van der Waals surface area contributed by atoms with E-state index in [0.717, 1.165) is 30.4 Å². The van der Waals surface area contributed by atoms with Gasteiger partial charge in [0.15, 0.2) is 11.5 Å². The number of benzene rings is 2. The molecule has 11 heteroatoms. The van der Waals surface area contributed by atoms with E-state index in [0.29, 0.717) is 35.7 Å². The van der Waals surface area contributed by atoms with E-state index in [-0.39, 0.29) is 23.4 Å². The van der Waals surface area contributed by atoms with Crippen molar-refractivity contribution in [1.29, 1.82) is 0 Å². The number of anilines is 1. The maximum Gasteiger partial charge on any atom is 0.264 e. The van der Waals surface area contributed by atoms with Crippen LogP contribution < -0.4 is 14.8 Å². The molecule has 39 heavy (non-hydrogen) atoms. The van der Waals surface area contributed by atoms with E-state index in [9.17, 15) is 22.8 Å². The Balaban J connectivity index is 2.16. The first kappa shape index (κ1) is 30.1. The molecule has 0 spiro atoms. The molecule has 1 atom stereocenters. The van der Waals surface area contributed by atoms with Crippen molar-refractivity contribution in [3.8, 4) is 11.5 Å². The number of amides is 3. The largest absolute Gasteiger partial charge is 0.493 e. The number of carbonyl (C=O) groups excluding carboxylic acids is 3. The van der Waals surface area contributed by atoms with Crippen molar-refractivity contribution in [3.63, 3.8) is 0 Å². The van der Waals surface area contributed by atoms with Crippen molar-refractivity contribution in [2.75, 3.05) is 44.8 Å². The van der Waals surface area contributed by atoms with Gasteiger partial charge in [-0.25, -0.2) is 8.42 Å². The summed E-state index contributed by atoms with van der Waals surface area (Å²) in [6.45, 7) is 3.96. The molecule has 0 saturated heterocycles. The quantitative estimate of drug-likeness (QED) is 0.273. The van der Waals surface area contributed by atoms with Gasteiger partial charge in [0, 0.05) is 13.4 Å². The third-order valence-corrected chi connectivity index (χ3v) is 7.32. The average molecular weight is 561 g/mol. The second-order valence-electron chi connectivity index (χ2n) is 9.39. The van der Waals surface area contributed by atoms with E-state index in [1.54, 1.807) is 37.3 Å². The smallest absolute Gasteiger partial charge is 0.264 e. The first-order chi connectivity index (χ1) is 18.6. The lowest BCUT2D eigenvalue weighted by molar-refractivity contribution is -0.119. The van der Waals surface area contributed by atoms with Gasteiger partial charge < -0.3 is 19.5 Å². The van der Waals surface area contributed by atoms with Crippen LogP contribution in [0.5, 0.6) is 11.5 Å².